The van der Waals surface area contributed by atoms with Gasteiger partial charge in [-0.15, -0.1) is 21.5 Å². The van der Waals surface area contributed by atoms with Gasteiger partial charge in [-0.2, -0.15) is 0 Å². The van der Waals surface area contributed by atoms with Crippen molar-refractivity contribution < 1.29 is 9.72 Å². The number of aromatic nitrogens is 3. The number of carbonyl (C=O) groups is 1. The predicted octanol–water partition coefficient (Wildman–Crippen LogP) is 4.32. The topological polar surface area (TPSA) is 103 Å². The average molecular weight is 424 g/mol. The molecule has 0 bridgehead atoms. The van der Waals surface area contributed by atoms with Crippen molar-refractivity contribution in [3.8, 4) is 10.7 Å². The molecule has 0 aliphatic rings. The zero-order valence-corrected chi connectivity index (χ0v) is 16.5. The van der Waals surface area contributed by atoms with Gasteiger partial charge in [-0.05, 0) is 24.4 Å². The molecule has 3 aromatic rings. The van der Waals surface area contributed by atoms with Crippen LogP contribution in [0.5, 0.6) is 0 Å². The quantitative estimate of drug-likeness (QED) is 0.345. The van der Waals surface area contributed by atoms with Crippen LogP contribution in [0.3, 0.4) is 0 Å². The highest BCUT2D eigenvalue weighted by molar-refractivity contribution is 7.99. The van der Waals surface area contributed by atoms with Gasteiger partial charge in [0.1, 0.15) is 0 Å². The van der Waals surface area contributed by atoms with Crippen LogP contribution >= 0.6 is 34.7 Å². The largest absolute Gasteiger partial charge is 0.324 e. The monoisotopic (exact) mass is 423 g/mol. The molecule has 0 radical (unpaired) electrons. The summed E-state index contributed by atoms with van der Waals surface area (Å²) in [5.41, 5.74) is 0.0568. The van der Waals surface area contributed by atoms with Crippen LogP contribution in [0.1, 0.15) is 6.92 Å². The number of rotatable bonds is 7. The molecule has 0 saturated heterocycles. The Hall–Kier alpha value is -2.43. The molecule has 1 aromatic carbocycles. The number of amides is 1. The third-order valence-electron chi connectivity index (χ3n) is 3.54. The van der Waals surface area contributed by atoms with Crippen LogP contribution in [0, 0.1) is 10.1 Å². The number of nitro groups is 1. The molecule has 0 saturated carbocycles. The molecule has 140 valence electrons. The molecule has 0 fully saturated rings. The Labute approximate surface area is 167 Å². The maximum absolute atomic E-state index is 12.2. The first-order valence-corrected chi connectivity index (χ1v) is 10.1. The summed E-state index contributed by atoms with van der Waals surface area (Å²) in [5, 5.41) is 24.7. The summed E-state index contributed by atoms with van der Waals surface area (Å²) in [7, 11) is 0. The summed E-state index contributed by atoms with van der Waals surface area (Å²) in [6.07, 6.45) is 0. The van der Waals surface area contributed by atoms with Crippen LogP contribution in [-0.4, -0.2) is 31.3 Å². The van der Waals surface area contributed by atoms with Gasteiger partial charge in [0, 0.05) is 18.7 Å². The number of nitrogens with zero attached hydrogens (tertiary/aromatic N) is 4. The normalized spacial score (nSPS) is 10.7. The lowest BCUT2D eigenvalue weighted by atomic mass is 10.3. The minimum Gasteiger partial charge on any atom is -0.324 e. The number of non-ortho nitro benzene ring substituents is 1. The van der Waals surface area contributed by atoms with Gasteiger partial charge < -0.3 is 9.88 Å². The maximum Gasteiger partial charge on any atom is 0.271 e. The van der Waals surface area contributed by atoms with Crippen LogP contribution in [0.2, 0.25) is 5.02 Å². The van der Waals surface area contributed by atoms with Crippen molar-refractivity contribution in [2.45, 2.75) is 18.6 Å². The van der Waals surface area contributed by atoms with Gasteiger partial charge in [-0.25, -0.2) is 0 Å². The molecule has 0 aliphatic carbocycles. The van der Waals surface area contributed by atoms with E-state index in [1.54, 1.807) is 11.3 Å². The minimum absolute atomic E-state index is 0.0710. The van der Waals surface area contributed by atoms with Gasteiger partial charge in [-0.1, -0.05) is 29.4 Å². The average Bonchev–Trinajstić information content (AvgIpc) is 3.30. The van der Waals surface area contributed by atoms with Gasteiger partial charge in [-0.3, -0.25) is 14.9 Å². The third-order valence-corrected chi connectivity index (χ3v) is 5.70. The number of nitrogens with one attached hydrogen (secondary N) is 1. The van der Waals surface area contributed by atoms with Crippen molar-refractivity contribution in [1.29, 1.82) is 0 Å². The summed E-state index contributed by atoms with van der Waals surface area (Å²) < 4.78 is 1.93. The van der Waals surface area contributed by atoms with Gasteiger partial charge >= 0.3 is 0 Å². The van der Waals surface area contributed by atoms with Crippen LogP contribution in [0.4, 0.5) is 11.4 Å². The first kappa shape index (κ1) is 19.3. The Morgan fingerprint density at radius 2 is 2.22 bits per heavy atom. The maximum atomic E-state index is 12.2. The van der Waals surface area contributed by atoms with E-state index in [2.05, 4.69) is 15.5 Å². The molecule has 0 unspecified atom stereocenters. The van der Waals surface area contributed by atoms with E-state index in [9.17, 15) is 14.9 Å². The molecule has 8 nitrogen and oxygen atoms in total. The Balaban J connectivity index is 1.68. The number of anilines is 1. The molecule has 3 rings (SSSR count). The zero-order chi connectivity index (χ0) is 19.4. The first-order chi connectivity index (χ1) is 13.0. The second kappa shape index (κ2) is 8.51. The second-order valence-electron chi connectivity index (χ2n) is 5.29. The van der Waals surface area contributed by atoms with Crippen molar-refractivity contribution in [3.63, 3.8) is 0 Å². The van der Waals surface area contributed by atoms with Crippen molar-refractivity contribution in [3.05, 3.63) is 50.8 Å². The van der Waals surface area contributed by atoms with Crippen LogP contribution in [-0.2, 0) is 11.3 Å². The minimum atomic E-state index is -0.545. The molecule has 0 spiro atoms. The Morgan fingerprint density at radius 1 is 1.41 bits per heavy atom. The number of nitro benzene ring substituents is 1. The van der Waals surface area contributed by atoms with Crippen LogP contribution in [0.25, 0.3) is 10.7 Å². The highest BCUT2D eigenvalue weighted by Crippen LogP contribution is 2.29. The Bertz CT molecular complexity index is 975. The molecule has 2 heterocycles. The van der Waals surface area contributed by atoms with Crippen molar-refractivity contribution in [2.24, 2.45) is 0 Å². The highest BCUT2D eigenvalue weighted by Gasteiger charge is 2.16. The molecule has 1 N–H and O–H groups in total. The molecule has 27 heavy (non-hydrogen) atoms. The van der Waals surface area contributed by atoms with E-state index in [0.29, 0.717) is 11.7 Å². The zero-order valence-electron chi connectivity index (χ0n) is 14.1. The molecule has 2 aromatic heterocycles. The van der Waals surface area contributed by atoms with E-state index in [0.717, 1.165) is 10.7 Å². The van der Waals surface area contributed by atoms with E-state index in [1.165, 1.54) is 30.0 Å². The first-order valence-electron chi connectivity index (χ1n) is 7.83. The Morgan fingerprint density at radius 3 is 2.89 bits per heavy atom. The van der Waals surface area contributed by atoms with Crippen molar-refractivity contribution >= 4 is 52.0 Å². The number of carbonyl (C=O) groups excluding carboxylic acids is 1. The van der Waals surface area contributed by atoms with Crippen LogP contribution < -0.4 is 5.32 Å². The number of halogens is 1. The van der Waals surface area contributed by atoms with Gasteiger partial charge in [0.15, 0.2) is 11.0 Å². The molecule has 1 amide bonds. The van der Waals surface area contributed by atoms with Gasteiger partial charge in [0.25, 0.3) is 5.69 Å². The number of thioether (sulfide) groups is 1. The van der Waals surface area contributed by atoms with Crippen LogP contribution in [0.15, 0.2) is 40.9 Å². The van der Waals surface area contributed by atoms with Gasteiger partial charge in [0.2, 0.25) is 5.91 Å². The van der Waals surface area contributed by atoms with E-state index < -0.39 is 4.92 Å². The summed E-state index contributed by atoms with van der Waals surface area (Å²) in [5.74, 6) is 0.490. The number of hydrogen-bond donors (Lipinski definition) is 1. The standard InChI is InChI=1S/C16H14ClN5O3S2/c1-2-21-15(13-4-3-7-26-13)19-20-16(21)27-9-14(23)18-12-8-10(22(24)25)5-6-11(12)17/h3-8H,2,9H2,1H3,(H,18,23). The lowest BCUT2D eigenvalue weighted by Crippen LogP contribution is -2.15. The lowest BCUT2D eigenvalue weighted by molar-refractivity contribution is -0.384. The predicted molar refractivity (Wildman–Crippen MR) is 106 cm³/mol. The summed E-state index contributed by atoms with van der Waals surface area (Å²) >= 11 is 8.81. The van der Waals surface area contributed by atoms with E-state index in [-0.39, 0.29) is 28.1 Å². The summed E-state index contributed by atoms with van der Waals surface area (Å²) in [6, 6.07) is 7.80. The summed E-state index contributed by atoms with van der Waals surface area (Å²) in [4.78, 5) is 23.6. The molecule has 11 heteroatoms. The molecular formula is C16H14ClN5O3S2. The van der Waals surface area contributed by atoms with Gasteiger partial charge in [0.05, 0.1) is 26.3 Å². The fourth-order valence-corrected chi connectivity index (χ4v) is 3.99. The fourth-order valence-electron chi connectivity index (χ4n) is 2.31. The Kier molecular flexibility index (Phi) is 6.09. The highest BCUT2D eigenvalue weighted by atomic mass is 35.5. The SMILES string of the molecule is CCn1c(SCC(=O)Nc2cc([N+](=O)[O-])ccc2Cl)nnc1-c1cccs1. The van der Waals surface area contributed by atoms with E-state index >= 15 is 0 Å². The van der Waals surface area contributed by atoms with E-state index in [4.69, 9.17) is 11.6 Å². The molecular weight excluding hydrogens is 410 g/mol. The van der Waals surface area contributed by atoms with E-state index in [1.807, 2.05) is 29.0 Å². The molecule has 0 aliphatic heterocycles. The number of benzene rings is 1. The third kappa shape index (κ3) is 4.46. The molecule has 0 atom stereocenters. The smallest absolute Gasteiger partial charge is 0.271 e. The van der Waals surface area contributed by atoms with Crippen molar-refractivity contribution in [1.82, 2.24) is 14.8 Å². The summed E-state index contributed by atoms with van der Waals surface area (Å²) in [6.45, 7) is 2.65. The lowest BCUT2D eigenvalue weighted by Gasteiger charge is -2.08. The number of hydrogen-bond acceptors (Lipinski definition) is 7. The second-order valence-corrected chi connectivity index (χ2v) is 7.58. The number of thiophene rings is 1. The van der Waals surface area contributed by atoms with Crippen molar-refractivity contribution in [2.75, 3.05) is 11.1 Å². The fraction of sp³-hybridized carbons (Fsp3) is 0.188.